The Hall–Kier alpha value is -2.70. The summed E-state index contributed by atoms with van der Waals surface area (Å²) in [6, 6.07) is 5.40. The molecule has 1 fully saturated rings. The molecule has 1 heterocycles. The maximum Gasteiger partial charge on any atom is 0.330 e. The van der Waals surface area contributed by atoms with Crippen LogP contribution in [0.15, 0.2) is 24.3 Å². The fourth-order valence-corrected chi connectivity index (χ4v) is 4.06. The summed E-state index contributed by atoms with van der Waals surface area (Å²) in [5.41, 5.74) is 0.558. The van der Waals surface area contributed by atoms with Crippen LogP contribution in [-0.4, -0.2) is 47.8 Å². The molecule has 0 radical (unpaired) electrons. The van der Waals surface area contributed by atoms with E-state index in [2.05, 4.69) is 5.32 Å². The number of hydrogen-bond acceptors (Lipinski definition) is 5. The molecule has 1 aromatic carbocycles. The lowest BCUT2D eigenvalue weighted by Gasteiger charge is -2.27. The molecule has 1 N–H and O–H groups in total. The zero-order valence-electron chi connectivity index (χ0n) is 17.0. The van der Waals surface area contributed by atoms with Gasteiger partial charge in [0.2, 0.25) is 0 Å². The lowest BCUT2D eigenvalue weighted by molar-refractivity contribution is -0.153. The van der Waals surface area contributed by atoms with E-state index in [1.165, 1.54) is 19.3 Å². The van der Waals surface area contributed by atoms with E-state index in [1.54, 1.807) is 38.1 Å². The normalized spacial score (nSPS) is 18.0. The van der Waals surface area contributed by atoms with Crippen molar-refractivity contribution in [2.45, 2.75) is 52.0 Å². The van der Waals surface area contributed by atoms with Crippen LogP contribution in [0.25, 0.3) is 0 Å². The Bertz CT molecular complexity index is 763. The summed E-state index contributed by atoms with van der Waals surface area (Å²) in [6.07, 6.45) is 5.83. The van der Waals surface area contributed by atoms with Gasteiger partial charge in [0.15, 0.2) is 6.61 Å². The second-order valence-corrected chi connectivity index (χ2v) is 8.13. The van der Waals surface area contributed by atoms with Gasteiger partial charge in [0.1, 0.15) is 6.04 Å². The largest absolute Gasteiger partial charge is 0.454 e. The van der Waals surface area contributed by atoms with Gasteiger partial charge in [0, 0.05) is 6.54 Å². The lowest BCUT2D eigenvalue weighted by atomic mass is 9.89. The molecule has 0 saturated heterocycles. The number of amides is 3. The van der Waals surface area contributed by atoms with Crippen LogP contribution in [0.5, 0.6) is 0 Å². The van der Waals surface area contributed by atoms with Crippen molar-refractivity contribution in [1.82, 2.24) is 10.2 Å². The van der Waals surface area contributed by atoms with Crippen molar-refractivity contribution in [2.75, 3.05) is 13.2 Å². The third kappa shape index (κ3) is 4.66. The first-order valence-electron chi connectivity index (χ1n) is 10.3. The summed E-state index contributed by atoms with van der Waals surface area (Å²) >= 11 is 0. The second kappa shape index (κ2) is 9.20. The number of benzene rings is 1. The van der Waals surface area contributed by atoms with E-state index < -0.39 is 30.4 Å². The van der Waals surface area contributed by atoms with Gasteiger partial charge in [-0.1, -0.05) is 45.2 Å². The molecule has 29 heavy (non-hydrogen) atoms. The Kier molecular flexibility index (Phi) is 6.67. The van der Waals surface area contributed by atoms with Crippen molar-refractivity contribution in [3.05, 3.63) is 35.4 Å². The van der Waals surface area contributed by atoms with Crippen LogP contribution in [-0.2, 0) is 14.3 Å². The molecule has 0 spiro atoms. The summed E-state index contributed by atoms with van der Waals surface area (Å²) in [5, 5.41) is 2.81. The highest BCUT2D eigenvalue weighted by Gasteiger charge is 2.44. The van der Waals surface area contributed by atoms with Crippen LogP contribution in [0.1, 0.15) is 66.7 Å². The van der Waals surface area contributed by atoms with E-state index in [0.717, 1.165) is 17.7 Å². The Labute approximate surface area is 170 Å². The van der Waals surface area contributed by atoms with E-state index in [9.17, 15) is 19.2 Å². The molecule has 7 nitrogen and oxygen atoms in total. The summed E-state index contributed by atoms with van der Waals surface area (Å²) in [4.78, 5) is 51.1. The smallest absolute Gasteiger partial charge is 0.330 e. The predicted molar refractivity (Wildman–Crippen MR) is 106 cm³/mol. The minimum Gasteiger partial charge on any atom is -0.454 e. The minimum atomic E-state index is -1.08. The number of ether oxygens (including phenoxy) is 1. The second-order valence-electron chi connectivity index (χ2n) is 8.13. The molecule has 1 aliphatic carbocycles. The summed E-state index contributed by atoms with van der Waals surface area (Å²) in [6.45, 7) is 3.64. The van der Waals surface area contributed by atoms with Crippen LogP contribution in [0.2, 0.25) is 0 Å². The predicted octanol–water partition coefficient (Wildman–Crippen LogP) is 2.55. The number of esters is 1. The summed E-state index contributed by atoms with van der Waals surface area (Å²) in [5.74, 6) is -2.01. The molecule has 156 valence electrons. The van der Waals surface area contributed by atoms with Crippen molar-refractivity contribution >= 4 is 23.7 Å². The van der Waals surface area contributed by atoms with Crippen molar-refractivity contribution < 1.29 is 23.9 Å². The molecule has 1 aromatic rings. The van der Waals surface area contributed by atoms with Gasteiger partial charge in [-0.15, -0.1) is 0 Å². The molecule has 0 aromatic heterocycles. The van der Waals surface area contributed by atoms with Gasteiger partial charge in [-0.25, -0.2) is 4.79 Å². The zero-order chi connectivity index (χ0) is 21.0. The highest BCUT2D eigenvalue weighted by atomic mass is 16.5. The van der Waals surface area contributed by atoms with Gasteiger partial charge in [-0.05, 0) is 36.8 Å². The molecule has 0 bridgehead atoms. The van der Waals surface area contributed by atoms with Crippen molar-refractivity contribution in [1.29, 1.82) is 0 Å². The van der Waals surface area contributed by atoms with E-state index in [0.29, 0.717) is 12.5 Å². The van der Waals surface area contributed by atoms with Gasteiger partial charge in [-0.2, -0.15) is 0 Å². The summed E-state index contributed by atoms with van der Waals surface area (Å²) in [7, 11) is 0. The first-order chi connectivity index (χ1) is 13.9. The number of hydrogen-bond donors (Lipinski definition) is 1. The third-order valence-corrected chi connectivity index (χ3v) is 5.63. The molecule has 7 heteroatoms. The Morgan fingerprint density at radius 1 is 1.07 bits per heavy atom. The molecule has 0 unspecified atom stereocenters. The fraction of sp³-hybridized carbons (Fsp3) is 0.545. The van der Waals surface area contributed by atoms with Crippen molar-refractivity contribution in [3.8, 4) is 0 Å². The molecular weight excluding hydrogens is 372 g/mol. The van der Waals surface area contributed by atoms with Crippen LogP contribution < -0.4 is 5.32 Å². The van der Waals surface area contributed by atoms with Crippen LogP contribution in [0.4, 0.5) is 0 Å². The van der Waals surface area contributed by atoms with Gasteiger partial charge < -0.3 is 10.1 Å². The molecule has 1 saturated carbocycles. The van der Waals surface area contributed by atoms with Gasteiger partial charge in [-0.3, -0.25) is 19.3 Å². The maximum atomic E-state index is 12.7. The molecule has 2 aliphatic rings. The van der Waals surface area contributed by atoms with Gasteiger partial charge >= 0.3 is 5.97 Å². The first-order valence-corrected chi connectivity index (χ1v) is 10.3. The molecular formula is C22H28N2O5. The molecule has 3 amide bonds. The monoisotopic (exact) mass is 400 g/mol. The van der Waals surface area contributed by atoms with E-state index in [1.807, 2.05) is 0 Å². The van der Waals surface area contributed by atoms with Gasteiger partial charge in [0.25, 0.3) is 17.7 Å². The summed E-state index contributed by atoms with van der Waals surface area (Å²) < 4.78 is 5.18. The third-order valence-electron chi connectivity index (χ3n) is 5.63. The SMILES string of the molecule is CC(C)[C@@H](C(=O)OCC(=O)NCC1CCCCC1)N1C(=O)c2ccccc2C1=O. The van der Waals surface area contributed by atoms with Crippen LogP contribution in [0, 0.1) is 11.8 Å². The molecule has 1 atom stereocenters. The number of fused-ring (bicyclic) bond motifs is 1. The average Bonchev–Trinajstić information content (AvgIpc) is 2.97. The van der Waals surface area contributed by atoms with Crippen LogP contribution >= 0.6 is 0 Å². The topological polar surface area (TPSA) is 92.8 Å². The lowest BCUT2D eigenvalue weighted by Crippen LogP contribution is -2.49. The average molecular weight is 400 g/mol. The number of imide groups is 1. The van der Waals surface area contributed by atoms with E-state index in [-0.39, 0.29) is 23.0 Å². The zero-order valence-corrected chi connectivity index (χ0v) is 17.0. The number of nitrogens with one attached hydrogen (secondary N) is 1. The van der Waals surface area contributed by atoms with E-state index >= 15 is 0 Å². The Morgan fingerprint density at radius 3 is 2.21 bits per heavy atom. The molecule has 1 aliphatic heterocycles. The Morgan fingerprint density at radius 2 is 1.66 bits per heavy atom. The number of rotatable bonds is 7. The quantitative estimate of drug-likeness (QED) is 0.561. The number of nitrogens with zero attached hydrogens (tertiary/aromatic N) is 1. The maximum absolute atomic E-state index is 12.7. The van der Waals surface area contributed by atoms with Gasteiger partial charge in [0.05, 0.1) is 11.1 Å². The van der Waals surface area contributed by atoms with Crippen molar-refractivity contribution in [3.63, 3.8) is 0 Å². The van der Waals surface area contributed by atoms with Crippen LogP contribution in [0.3, 0.4) is 0 Å². The van der Waals surface area contributed by atoms with Crippen molar-refractivity contribution in [2.24, 2.45) is 11.8 Å². The number of carbonyl (C=O) groups excluding carboxylic acids is 4. The number of carbonyl (C=O) groups is 4. The minimum absolute atomic E-state index is 0.279. The first kappa shape index (κ1) is 21.0. The molecule has 3 rings (SSSR count). The standard InChI is InChI=1S/C22H28N2O5/c1-14(2)19(24-20(26)16-10-6-7-11-17(16)21(24)27)22(28)29-13-18(25)23-12-15-8-4-3-5-9-15/h6-7,10-11,14-15,19H,3-5,8-9,12-13H2,1-2H3,(H,23,25)/t19-/m0/s1. The van der Waals surface area contributed by atoms with E-state index in [4.69, 9.17) is 4.74 Å². The highest BCUT2D eigenvalue weighted by Crippen LogP contribution is 2.27. The Balaban J connectivity index is 1.58. The highest BCUT2D eigenvalue weighted by molar-refractivity contribution is 6.22. The fourth-order valence-electron chi connectivity index (χ4n) is 4.06.